The molecule has 5 nitrogen and oxygen atoms in total. The van der Waals surface area contributed by atoms with Crippen molar-refractivity contribution in [2.24, 2.45) is 23.2 Å². The smallest absolute Gasteiger partial charge is 0.412 e. The summed E-state index contributed by atoms with van der Waals surface area (Å²) in [7, 11) is -2.22. The summed E-state index contributed by atoms with van der Waals surface area (Å²) in [5.74, 6) is -1.78. The second-order valence-electron chi connectivity index (χ2n) is 13.8. The molecule has 1 N–H and O–H groups in total. The van der Waals surface area contributed by atoms with Crippen molar-refractivity contribution < 1.29 is 37.0 Å². The van der Waals surface area contributed by atoms with Crippen LogP contribution in [0.5, 0.6) is 0 Å². The molecule has 0 aromatic rings. The summed E-state index contributed by atoms with van der Waals surface area (Å²) in [6, 6.07) is 0. The Morgan fingerprint density at radius 2 is 1.49 bits per heavy atom. The van der Waals surface area contributed by atoms with Crippen molar-refractivity contribution in [1.82, 2.24) is 0 Å². The van der Waals surface area contributed by atoms with E-state index >= 15 is 0 Å². The Morgan fingerprint density at radius 1 is 0.976 bits per heavy atom. The normalized spacial score (nSPS) is 18.9. The van der Waals surface area contributed by atoms with Gasteiger partial charge in [0.25, 0.3) is 0 Å². The minimum Gasteiger partial charge on any atom is -0.456 e. The highest BCUT2D eigenvalue weighted by molar-refractivity contribution is 6.74. The highest BCUT2D eigenvalue weighted by Gasteiger charge is 2.46. The predicted molar refractivity (Wildman–Crippen MR) is 163 cm³/mol. The number of alkyl halides is 3. The lowest BCUT2D eigenvalue weighted by molar-refractivity contribution is -0.171. The number of hydrogen-bond donors (Lipinski definition) is 1. The highest BCUT2D eigenvalue weighted by Crippen LogP contribution is 2.42. The number of aliphatic hydroxyl groups is 1. The zero-order valence-electron chi connectivity index (χ0n) is 27.4. The Hall–Kier alpha value is -1.71. The summed E-state index contributed by atoms with van der Waals surface area (Å²) in [6.45, 7) is 29.9. The molecule has 238 valence electrons. The largest absolute Gasteiger partial charge is 0.456 e. The first kappa shape index (κ1) is 39.3. The van der Waals surface area contributed by atoms with E-state index in [-0.39, 0.29) is 35.7 Å². The SMILES string of the molecule is C=CC/C(=C\C[C@](C)(OC(=O)C[C@H](C)C(C)(C)C(=O)[C@H](C)[C@@H](O[Si](C)(C)C(C)(C)C)[C@@H](C)C=C)[C@@H](C)O)C(F)(F)F. The van der Waals surface area contributed by atoms with Crippen LogP contribution in [0.1, 0.15) is 88.5 Å². The number of hydrogen-bond acceptors (Lipinski definition) is 5. The van der Waals surface area contributed by atoms with Gasteiger partial charge in [0.1, 0.15) is 11.4 Å². The van der Waals surface area contributed by atoms with Crippen LogP contribution in [0.3, 0.4) is 0 Å². The van der Waals surface area contributed by atoms with Crippen molar-refractivity contribution in [2.75, 3.05) is 0 Å². The van der Waals surface area contributed by atoms with E-state index in [4.69, 9.17) is 9.16 Å². The molecule has 9 heteroatoms. The number of Topliss-reactive ketones (excluding diaryl/α,β-unsaturated/α-hetero) is 1. The summed E-state index contributed by atoms with van der Waals surface area (Å²) in [5.41, 5.74) is -3.35. The average Bonchev–Trinajstić information content (AvgIpc) is 2.81. The number of ether oxygens (including phenoxy) is 1. The molecular weight excluding hydrogens is 549 g/mol. The number of carbonyl (C=O) groups excluding carboxylic acids is 2. The molecule has 0 aliphatic rings. The molecule has 0 bridgehead atoms. The zero-order valence-corrected chi connectivity index (χ0v) is 28.4. The fourth-order valence-electron chi connectivity index (χ4n) is 4.20. The molecule has 0 spiro atoms. The van der Waals surface area contributed by atoms with Crippen LogP contribution in [-0.2, 0) is 18.8 Å². The monoisotopic (exact) mass is 604 g/mol. The second kappa shape index (κ2) is 14.6. The number of rotatable bonds is 16. The van der Waals surface area contributed by atoms with E-state index in [1.165, 1.54) is 13.8 Å². The van der Waals surface area contributed by atoms with Crippen LogP contribution < -0.4 is 0 Å². The van der Waals surface area contributed by atoms with Gasteiger partial charge in [0.15, 0.2) is 8.32 Å². The highest BCUT2D eigenvalue weighted by atomic mass is 28.4. The van der Waals surface area contributed by atoms with Gasteiger partial charge in [0, 0.05) is 29.7 Å². The molecule has 0 aromatic carbocycles. The molecule has 41 heavy (non-hydrogen) atoms. The second-order valence-corrected chi connectivity index (χ2v) is 18.6. The third-order valence-corrected chi connectivity index (χ3v) is 13.6. The van der Waals surface area contributed by atoms with Gasteiger partial charge in [0.2, 0.25) is 0 Å². The molecule has 0 heterocycles. The molecule has 6 atom stereocenters. The quantitative estimate of drug-likeness (QED) is 0.109. The van der Waals surface area contributed by atoms with E-state index < -0.39 is 61.4 Å². The van der Waals surface area contributed by atoms with Crippen molar-refractivity contribution in [2.45, 2.75) is 131 Å². The third kappa shape index (κ3) is 10.8. The van der Waals surface area contributed by atoms with Crippen molar-refractivity contribution in [3.05, 3.63) is 37.0 Å². The predicted octanol–water partition coefficient (Wildman–Crippen LogP) is 8.59. The van der Waals surface area contributed by atoms with Gasteiger partial charge in [-0.2, -0.15) is 13.2 Å². The first-order valence-corrected chi connectivity index (χ1v) is 17.3. The first-order chi connectivity index (χ1) is 18.3. The topological polar surface area (TPSA) is 72.8 Å². The Kier molecular flexibility index (Phi) is 14.0. The lowest BCUT2D eigenvalue weighted by Gasteiger charge is -2.43. The van der Waals surface area contributed by atoms with Gasteiger partial charge >= 0.3 is 12.1 Å². The van der Waals surface area contributed by atoms with E-state index in [1.807, 2.05) is 13.8 Å². The molecule has 0 aromatic heterocycles. The summed E-state index contributed by atoms with van der Waals surface area (Å²) >= 11 is 0. The van der Waals surface area contributed by atoms with Gasteiger partial charge in [-0.3, -0.25) is 9.59 Å². The number of carbonyl (C=O) groups is 2. The lowest BCUT2D eigenvalue weighted by Crippen LogP contribution is -2.50. The first-order valence-electron chi connectivity index (χ1n) is 14.4. The van der Waals surface area contributed by atoms with Gasteiger partial charge < -0.3 is 14.3 Å². The molecule has 0 radical (unpaired) electrons. The maximum atomic E-state index is 13.9. The minimum absolute atomic E-state index is 0.0558. The van der Waals surface area contributed by atoms with Gasteiger partial charge in [-0.15, -0.1) is 13.2 Å². The third-order valence-electron chi connectivity index (χ3n) is 9.09. The van der Waals surface area contributed by atoms with Crippen LogP contribution in [0, 0.1) is 23.2 Å². The van der Waals surface area contributed by atoms with Crippen LogP contribution in [0.4, 0.5) is 13.2 Å². The molecule has 0 unspecified atom stereocenters. The fraction of sp³-hybridized carbons (Fsp3) is 0.750. The Bertz CT molecular complexity index is 946. The van der Waals surface area contributed by atoms with Gasteiger partial charge in [-0.25, -0.2) is 0 Å². The van der Waals surface area contributed by atoms with E-state index in [2.05, 4.69) is 47.0 Å². The number of halogens is 3. The van der Waals surface area contributed by atoms with E-state index in [1.54, 1.807) is 26.8 Å². The van der Waals surface area contributed by atoms with Gasteiger partial charge in [-0.1, -0.05) is 73.6 Å². The van der Waals surface area contributed by atoms with Crippen molar-refractivity contribution in [3.8, 4) is 0 Å². The minimum atomic E-state index is -4.57. The van der Waals surface area contributed by atoms with E-state index in [9.17, 15) is 27.9 Å². The van der Waals surface area contributed by atoms with Crippen molar-refractivity contribution >= 4 is 20.1 Å². The molecule has 0 saturated heterocycles. The lowest BCUT2D eigenvalue weighted by atomic mass is 9.69. The van der Waals surface area contributed by atoms with Crippen LogP contribution in [0.2, 0.25) is 18.1 Å². The molecule has 0 amide bonds. The standard InChI is InChI=1S/C32H55F3O5Si/c1-15-17-25(32(33,34)35)18-19-31(12,24(6)36)39-26(37)20-22(4)30(10,11)28(38)23(5)27(21(3)16-2)40-41(13,14)29(7,8)9/h15-16,18,21-24,27,36H,1-2,17,19-20H2,3-14H3/b25-18+/t21-,22-,23+,24+,27-,31-/m0/s1. The maximum Gasteiger partial charge on any atom is 0.412 e. The Balaban J connectivity index is 5.90. The van der Waals surface area contributed by atoms with E-state index in [0.29, 0.717) is 0 Å². The molecular formula is C32H55F3O5Si. The van der Waals surface area contributed by atoms with Crippen LogP contribution in [-0.4, -0.2) is 49.2 Å². The number of esters is 1. The average molecular weight is 605 g/mol. The number of allylic oxidation sites excluding steroid dienone is 2. The summed E-state index contributed by atoms with van der Waals surface area (Å²) < 4.78 is 52.3. The van der Waals surface area contributed by atoms with Crippen LogP contribution >= 0.6 is 0 Å². The summed E-state index contributed by atoms with van der Waals surface area (Å²) in [4.78, 5) is 26.9. The van der Waals surface area contributed by atoms with E-state index in [0.717, 1.165) is 12.2 Å². The van der Waals surface area contributed by atoms with Crippen LogP contribution in [0.25, 0.3) is 0 Å². The molecule has 0 rings (SSSR count). The number of aliphatic hydroxyl groups excluding tert-OH is 1. The van der Waals surface area contributed by atoms with Crippen molar-refractivity contribution in [1.29, 1.82) is 0 Å². The maximum absolute atomic E-state index is 13.9. The van der Waals surface area contributed by atoms with Gasteiger partial charge in [0.05, 0.1) is 12.2 Å². The Morgan fingerprint density at radius 3 is 1.88 bits per heavy atom. The number of ketones is 1. The van der Waals surface area contributed by atoms with Crippen LogP contribution in [0.15, 0.2) is 37.0 Å². The zero-order chi connectivity index (χ0) is 32.8. The molecule has 0 fully saturated rings. The summed E-state index contributed by atoms with van der Waals surface area (Å²) in [5, 5.41) is 10.3. The summed E-state index contributed by atoms with van der Waals surface area (Å²) in [6.07, 6.45) is -3.21. The van der Waals surface area contributed by atoms with Crippen molar-refractivity contribution in [3.63, 3.8) is 0 Å². The van der Waals surface area contributed by atoms with Gasteiger partial charge in [-0.05, 0) is 50.2 Å². The Labute approximate surface area is 247 Å². The molecule has 0 aliphatic carbocycles. The fourth-order valence-corrected chi connectivity index (χ4v) is 5.65. The molecule has 0 saturated carbocycles. The molecule has 0 aliphatic heterocycles.